The van der Waals surface area contributed by atoms with Crippen LogP contribution in [0.25, 0.3) is 11.0 Å². The van der Waals surface area contributed by atoms with Crippen LogP contribution >= 0.6 is 0 Å². The van der Waals surface area contributed by atoms with E-state index in [1.54, 1.807) is 0 Å². The van der Waals surface area contributed by atoms with E-state index in [4.69, 9.17) is 4.42 Å². The van der Waals surface area contributed by atoms with Crippen molar-refractivity contribution in [2.24, 2.45) is 0 Å². The number of hydrogen-bond donors (Lipinski definition) is 3. The molecule has 1 aromatic heterocycles. The third-order valence-corrected chi connectivity index (χ3v) is 4.60. The summed E-state index contributed by atoms with van der Waals surface area (Å²) < 4.78 is 5.74. The van der Waals surface area contributed by atoms with Crippen LogP contribution in [0, 0.1) is 0 Å². The predicted octanol–water partition coefficient (Wildman–Crippen LogP) is 3.24. The van der Waals surface area contributed by atoms with Crippen LogP contribution in [0.5, 0.6) is 0 Å². The molecule has 3 amide bonds. The van der Waals surface area contributed by atoms with Gasteiger partial charge in [0.2, 0.25) is 5.91 Å². The molecule has 6 heteroatoms. The van der Waals surface area contributed by atoms with E-state index in [-0.39, 0.29) is 30.6 Å². The van der Waals surface area contributed by atoms with Gasteiger partial charge in [-0.1, -0.05) is 37.5 Å². The standard InChI is InChI=1S/C19H25N3O3/c1-13(17-11-14-7-5-6-10-16(14)25-17)21-18(23)12-20-19(24)22-15-8-3-2-4-9-15/h5-7,10-11,13,15H,2-4,8-9,12H2,1H3,(H,21,23)(H2,20,22,24)/t13-/m1/s1. The van der Waals surface area contributed by atoms with Crippen molar-refractivity contribution in [1.82, 2.24) is 16.0 Å². The maximum Gasteiger partial charge on any atom is 0.315 e. The largest absolute Gasteiger partial charge is 0.459 e. The van der Waals surface area contributed by atoms with E-state index >= 15 is 0 Å². The van der Waals surface area contributed by atoms with Crippen LogP contribution < -0.4 is 16.0 Å². The Morgan fingerprint density at radius 1 is 1.20 bits per heavy atom. The Bertz CT molecular complexity index is 701. The van der Waals surface area contributed by atoms with Gasteiger partial charge in [-0.2, -0.15) is 0 Å². The smallest absolute Gasteiger partial charge is 0.315 e. The number of carbonyl (C=O) groups excluding carboxylic acids is 2. The van der Waals surface area contributed by atoms with Crippen LogP contribution in [0.4, 0.5) is 4.79 Å². The summed E-state index contributed by atoms with van der Waals surface area (Å²) in [5.41, 5.74) is 0.795. The molecule has 0 saturated heterocycles. The Morgan fingerprint density at radius 2 is 1.96 bits per heavy atom. The summed E-state index contributed by atoms with van der Waals surface area (Å²) in [7, 11) is 0. The van der Waals surface area contributed by atoms with Gasteiger partial charge in [-0.25, -0.2) is 4.79 Å². The number of rotatable bonds is 5. The van der Waals surface area contributed by atoms with Crippen molar-refractivity contribution in [1.29, 1.82) is 0 Å². The first-order valence-electron chi connectivity index (χ1n) is 8.94. The average molecular weight is 343 g/mol. The van der Waals surface area contributed by atoms with Crippen molar-refractivity contribution in [3.05, 3.63) is 36.1 Å². The summed E-state index contributed by atoms with van der Waals surface area (Å²) in [5.74, 6) is 0.452. The normalized spacial score (nSPS) is 16.4. The molecular weight excluding hydrogens is 318 g/mol. The molecule has 1 atom stereocenters. The molecule has 0 radical (unpaired) electrons. The minimum atomic E-state index is -0.279. The van der Waals surface area contributed by atoms with E-state index in [2.05, 4.69) is 16.0 Å². The lowest BCUT2D eigenvalue weighted by molar-refractivity contribution is -0.120. The number of para-hydroxylation sites is 1. The predicted molar refractivity (Wildman–Crippen MR) is 96.2 cm³/mol. The molecule has 1 aromatic carbocycles. The summed E-state index contributed by atoms with van der Waals surface area (Å²) >= 11 is 0. The van der Waals surface area contributed by atoms with Gasteiger partial charge < -0.3 is 20.4 Å². The molecule has 0 unspecified atom stereocenters. The summed E-state index contributed by atoms with van der Waals surface area (Å²) in [5, 5.41) is 9.39. The van der Waals surface area contributed by atoms with Crippen molar-refractivity contribution in [2.45, 2.75) is 51.1 Å². The SMILES string of the molecule is C[C@@H](NC(=O)CNC(=O)NC1CCCCC1)c1cc2ccccc2o1. The molecule has 1 aliphatic carbocycles. The molecule has 0 aliphatic heterocycles. The van der Waals surface area contributed by atoms with Crippen molar-refractivity contribution < 1.29 is 14.0 Å². The molecule has 134 valence electrons. The summed E-state index contributed by atoms with van der Waals surface area (Å²) in [6.07, 6.45) is 5.58. The van der Waals surface area contributed by atoms with Crippen LogP contribution in [-0.4, -0.2) is 24.5 Å². The van der Waals surface area contributed by atoms with Gasteiger partial charge >= 0.3 is 6.03 Å². The molecule has 1 aliphatic rings. The van der Waals surface area contributed by atoms with E-state index in [0.29, 0.717) is 5.76 Å². The van der Waals surface area contributed by atoms with Gasteiger partial charge in [0.1, 0.15) is 11.3 Å². The van der Waals surface area contributed by atoms with E-state index < -0.39 is 0 Å². The number of urea groups is 1. The highest BCUT2D eigenvalue weighted by atomic mass is 16.3. The second-order valence-electron chi connectivity index (χ2n) is 6.64. The molecule has 25 heavy (non-hydrogen) atoms. The van der Waals surface area contributed by atoms with Crippen molar-refractivity contribution in [3.8, 4) is 0 Å². The van der Waals surface area contributed by atoms with Crippen LogP contribution in [0.3, 0.4) is 0 Å². The number of hydrogen-bond acceptors (Lipinski definition) is 3. The maximum atomic E-state index is 12.0. The number of nitrogens with one attached hydrogen (secondary N) is 3. The Kier molecular flexibility index (Phi) is 5.58. The fraction of sp³-hybridized carbons (Fsp3) is 0.474. The first-order valence-corrected chi connectivity index (χ1v) is 8.94. The summed E-state index contributed by atoms with van der Waals surface area (Å²) in [6, 6.07) is 9.32. The molecule has 0 bridgehead atoms. The van der Waals surface area contributed by atoms with Gasteiger partial charge in [0.05, 0.1) is 12.6 Å². The highest BCUT2D eigenvalue weighted by Gasteiger charge is 2.17. The first-order chi connectivity index (χ1) is 12.1. The second kappa shape index (κ2) is 8.05. The Labute approximate surface area is 147 Å². The molecule has 3 rings (SSSR count). The highest BCUT2D eigenvalue weighted by molar-refractivity contribution is 5.84. The lowest BCUT2D eigenvalue weighted by atomic mass is 9.96. The lowest BCUT2D eigenvalue weighted by Gasteiger charge is -2.22. The Balaban J connectivity index is 1.44. The van der Waals surface area contributed by atoms with E-state index in [0.717, 1.165) is 36.7 Å². The number of amides is 3. The molecule has 6 nitrogen and oxygen atoms in total. The fourth-order valence-electron chi connectivity index (χ4n) is 3.22. The quantitative estimate of drug-likeness (QED) is 0.779. The molecule has 1 heterocycles. The molecule has 3 N–H and O–H groups in total. The third-order valence-electron chi connectivity index (χ3n) is 4.60. The molecule has 0 spiro atoms. The lowest BCUT2D eigenvalue weighted by Crippen LogP contribution is -2.46. The summed E-state index contributed by atoms with van der Waals surface area (Å²) in [4.78, 5) is 23.9. The van der Waals surface area contributed by atoms with E-state index in [1.165, 1.54) is 6.42 Å². The Morgan fingerprint density at radius 3 is 2.72 bits per heavy atom. The summed E-state index contributed by atoms with van der Waals surface area (Å²) in [6.45, 7) is 1.81. The van der Waals surface area contributed by atoms with E-state index in [1.807, 2.05) is 37.3 Å². The van der Waals surface area contributed by atoms with Gasteiger partial charge in [-0.15, -0.1) is 0 Å². The zero-order chi connectivity index (χ0) is 17.6. The number of carbonyl (C=O) groups is 2. The van der Waals surface area contributed by atoms with Gasteiger partial charge in [0.15, 0.2) is 0 Å². The molecule has 1 saturated carbocycles. The zero-order valence-corrected chi connectivity index (χ0v) is 14.5. The van der Waals surface area contributed by atoms with Crippen LogP contribution in [0.1, 0.15) is 50.8 Å². The topological polar surface area (TPSA) is 83.4 Å². The van der Waals surface area contributed by atoms with Gasteiger partial charge in [0.25, 0.3) is 0 Å². The number of furan rings is 1. The second-order valence-corrected chi connectivity index (χ2v) is 6.64. The van der Waals surface area contributed by atoms with Crippen molar-refractivity contribution in [3.63, 3.8) is 0 Å². The van der Waals surface area contributed by atoms with Gasteiger partial charge in [-0.05, 0) is 31.9 Å². The minimum Gasteiger partial charge on any atom is -0.459 e. The fourth-order valence-corrected chi connectivity index (χ4v) is 3.22. The Hall–Kier alpha value is -2.50. The average Bonchev–Trinajstić information content (AvgIpc) is 3.05. The molecule has 2 aromatic rings. The zero-order valence-electron chi connectivity index (χ0n) is 14.5. The highest BCUT2D eigenvalue weighted by Crippen LogP contribution is 2.23. The van der Waals surface area contributed by atoms with Crippen LogP contribution in [-0.2, 0) is 4.79 Å². The molecule has 1 fully saturated rings. The number of benzene rings is 1. The van der Waals surface area contributed by atoms with E-state index in [9.17, 15) is 9.59 Å². The third kappa shape index (κ3) is 4.75. The van der Waals surface area contributed by atoms with Gasteiger partial charge in [0, 0.05) is 11.4 Å². The number of fused-ring (bicyclic) bond motifs is 1. The van der Waals surface area contributed by atoms with Gasteiger partial charge in [-0.3, -0.25) is 4.79 Å². The van der Waals surface area contributed by atoms with Crippen molar-refractivity contribution in [2.75, 3.05) is 6.54 Å². The minimum absolute atomic E-state index is 0.0525. The van der Waals surface area contributed by atoms with Crippen LogP contribution in [0.2, 0.25) is 0 Å². The molecular formula is C19H25N3O3. The monoisotopic (exact) mass is 343 g/mol. The van der Waals surface area contributed by atoms with Crippen molar-refractivity contribution >= 4 is 22.9 Å². The maximum absolute atomic E-state index is 12.0. The first kappa shape index (κ1) is 17.3. The van der Waals surface area contributed by atoms with Crippen LogP contribution in [0.15, 0.2) is 34.7 Å².